The van der Waals surface area contributed by atoms with Gasteiger partial charge in [0, 0.05) is 31.5 Å². The van der Waals surface area contributed by atoms with E-state index in [4.69, 9.17) is 9.84 Å². The van der Waals surface area contributed by atoms with Gasteiger partial charge in [-0.2, -0.15) is 0 Å². The van der Waals surface area contributed by atoms with Gasteiger partial charge in [-0.1, -0.05) is 73.9 Å². The second-order valence-corrected chi connectivity index (χ2v) is 8.31. The minimum absolute atomic E-state index is 0.0588. The lowest BCUT2D eigenvalue weighted by atomic mass is 9.98. The van der Waals surface area contributed by atoms with Crippen LogP contribution >= 0.6 is 0 Å². The molecule has 7 heteroatoms. The third-order valence-corrected chi connectivity index (χ3v) is 5.87. The van der Waals surface area contributed by atoms with Crippen molar-refractivity contribution in [2.45, 2.75) is 44.4 Å². The molecule has 2 aromatic rings. The molecule has 0 saturated heterocycles. The topological polar surface area (TPSA) is 105 Å². The lowest BCUT2D eigenvalue weighted by Crippen LogP contribution is -2.27. The van der Waals surface area contributed by atoms with Crippen LogP contribution in [-0.2, 0) is 14.3 Å². The number of nitrogens with one attached hydrogen (secondary N) is 2. The second kappa shape index (κ2) is 13.2. The SMILES string of the molecule is O=C(O)/C=C/CNC(=O)CCCCCCCNC(=O)OCC1c2ccccc2-c2ccccc21. The highest BCUT2D eigenvalue weighted by molar-refractivity contribution is 5.80. The maximum absolute atomic E-state index is 12.2. The second-order valence-electron chi connectivity index (χ2n) is 8.31. The fourth-order valence-electron chi connectivity index (χ4n) is 4.20. The molecule has 0 unspecified atom stereocenters. The first-order valence-corrected chi connectivity index (χ1v) is 11.8. The number of unbranched alkanes of at least 4 members (excludes halogenated alkanes) is 4. The van der Waals surface area contributed by atoms with E-state index in [1.54, 1.807) is 0 Å². The van der Waals surface area contributed by atoms with E-state index in [9.17, 15) is 14.4 Å². The zero-order chi connectivity index (χ0) is 24.2. The van der Waals surface area contributed by atoms with Crippen molar-refractivity contribution in [2.24, 2.45) is 0 Å². The molecule has 2 aromatic carbocycles. The number of hydrogen-bond donors (Lipinski definition) is 3. The summed E-state index contributed by atoms with van der Waals surface area (Å²) in [7, 11) is 0. The van der Waals surface area contributed by atoms with Gasteiger partial charge in [0.05, 0.1) is 0 Å². The van der Waals surface area contributed by atoms with E-state index in [1.807, 2.05) is 24.3 Å². The van der Waals surface area contributed by atoms with Crippen LogP contribution in [0.15, 0.2) is 60.7 Å². The highest BCUT2D eigenvalue weighted by Crippen LogP contribution is 2.44. The van der Waals surface area contributed by atoms with Crippen molar-refractivity contribution in [3.05, 3.63) is 71.8 Å². The van der Waals surface area contributed by atoms with Crippen molar-refractivity contribution in [1.82, 2.24) is 10.6 Å². The van der Waals surface area contributed by atoms with E-state index in [1.165, 1.54) is 28.3 Å². The van der Waals surface area contributed by atoms with Crippen molar-refractivity contribution in [3.63, 3.8) is 0 Å². The third kappa shape index (κ3) is 7.47. The first kappa shape index (κ1) is 25.0. The van der Waals surface area contributed by atoms with Gasteiger partial charge in [0.15, 0.2) is 0 Å². The normalized spacial score (nSPS) is 12.2. The van der Waals surface area contributed by atoms with E-state index in [2.05, 4.69) is 34.9 Å². The Morgan fingerprint density at radius 1 is 0.853 bits per heavy atom. The van der Waals surface area contributed by atoms with Crippen molar-refractivity contribution in [1.29, 1.82) is 0 Å². The van der Waals surface area contributed by atoms with Crippen LogP contribution in [0.25, 0.3) is 11.1 Å². The molecule has 2 amide bonds. The Morgan fingerprint density at radius 2 is 1.47 bits per heavy atom. The summed E-state index contributed by atoms with van der Waals surface area (Å²) in [6.45, 7) is 1.10. The third-order valence-electron chi connectivity index (χ3n) is 5.87. The van der Waals surface area contributed by atoms with Crippen LogP contribution in [0.4, 0.5) is 4.79 Å². The van der Waals surface area contributed by atoms with Gasteiger partial charge < -0.3 is 20.5 Å². The average molecular weight is 465 g/mol. The predicted molar refractivity (Wildman–Crippen MR) is 131 cm³/mol. The maximum Gasteiger partial charge on any atom is 0.407 e. The quantitative estimate of drug-likeness (QED) is 0.296. The highest BCUT2D eigenvalue weighted by atomic mass is 16.5. The van der Waals surface area contributed by atoms with Crippen molar-refractivity contribution < 1.29 is 24.2 Å². The molecule has 3 rings (SSSR count). The van der Waals surface area contributed by atoms with Crippen LogP contribution < -0.4 is 10.6 Å². The molecule has 0 aliphatic heterocycles. The Morgan fingerprint density at radius 3 is 2.15 bits per heavy atom. The standard InChI is InChI=1S/C27H32N2O5/c30-25(28-18-10-16-26(31)32)15-4-2-1-3-9-17-29-27(33)34-19-24-22-13-7-5-11-20(22)21-12-6-8-14-23(21)24/h5-8,10-14,16,24H,1-4,9,15,17-19H2,(H,28,30)(H,29,33)(H,31,32)/b16-10+. The number of rotatable bonds is 13. The largest absolute Gasteiger partial charge is 0.478 e. The summed E-state index contributed by atoms with van der Waals surface area (Å²) in [4.78, 5) is 34.1. The molecule has 1 aliphatic rings. The van der Waals surface area contributed by atoms with Crippen LogP contribution in [0.5, 0.6) is 0 Å². The smallest absolute Gasteiger partial charge is 0.407 e. The number of carbonyl (C=O) groups excluding carboxylic acids is 2. The molecule has 0 saturated carbocycles. The minimum Gasteiger partial charge on any atom is -0.478 e. The van der Waals surface area contributed by atoms with Crippen molar-refractivity contribution in [3.8, 4) is 11.1 Å². The lowest BCUT2D eigenvalue weighted by molar-refractivity contribution is -0.131. The van der Waals surface area contributed by atoms with Gasteiger partial charge in [-0.05, 0) is 35.1 Å². The summed E-state index contributed by atoms with van der Waals surface area (Å²) in [5, 5.41) is 14.0. The molecule has 180 valence electrons. The fourth-order valence-corrected chi connectivity index (χ4v) is 4.20. The van der Waals surface area contributed by atoms with Crippen molar-refractivity contribution in [2.75, 3.05) is 19.7 Å². The summed E-state index contributed by atoms with van der Waals surface area (Å²) in [5.74, 6) is -1.04. The average Bonchev–Trinajstić information content (AvgIpc) is 3.16. The molecule has 0 radical (unpaired) electrons. The molecule has 0 fully saturated rings. The van der Waals surface area contributed by atoms with Gasteiger partial charge in [0.25, 0.3) is 0 Å². The van der Waals surface area contributed by atoms with E-state index >= 15 is 0 Å². The highest BCUT2D eigenvalue weighted by Gasteiger charge is 2.28. The maximum atomic E-state index is 12.2. The number of carboxylic acids is 1. The molecule has 0 heterocycles. The molecular weight excluding hydrogens is 432 g/mol. The number of alkyl carbamates (subject to hydrolysis) is 1. The summed E-state index contributed by atoms with van der Waals surface area (Å²) < 4.78 is 5.53. The minimum atomic E-state index is -1.03. The van der Waals surface area contributed by atoms with Gasteiger partial charge in [-0.3, -0.25) is 4.79 Å². The van der Waals surface area contributed by atoms with Gasteiger partial charge in [0.2, 0.25) is 5.91 Å². The number of fused-ring (bicyclic) bond motifs is 3. The van der Waals surface area contributed by atoms with Gasteiger partial charge in [-0.25, -0.2) is 9.59 Å². The molecule has 0 atom stereocenters. The molecule has 0 aromatic heterocycles. The van der Waals surface area contributed by atoms with E-state index in [0.717, 1.165) is 38.2 Å². The molecule has 34 heavy (non-hydrogen) atoms. The van der Waals surface area contributed by atoms with Gasteiger partial charge in [-0.15, -0.1) is 0 Å². The number of carboxylic acid groups (broad SMARTS) is 1. The fraction of sp³-hybridized carbons (Fsp3) is 0.370. The summed E-state index contributed by atoms with van der Waals surface area (Å²) in [5.41, 5.74) is 4.81. The van der Waals surface area contributed by atoms with Crippen molar-refractivity contribution >= 4 is 18.0 Å². The monoisotopic (exact) mass is 464 g/mol. The zero-order valence-corrected chi connectivity index (χ0v) is 19.3. The molecule has 0 bridgehead atoms. The molecule has 1 aliphatic carbocycles. The summed E-state index contributed by atoms with van der Waals surface area (Å²) in [6.07, 6.45) is 6.98. The van der Waals surface area contributed by atoms with Crippen LogP contribution in [0.3, 0.4) is 0 Å². The van der Waals surface area contributed by atoms with E-state index in [-0.39, 0.29) is 18.4 Å². The van der Waals surface area contributed by atoms with Gasteiger partial charge >= 0.3 is 12.1 Å². The molecule has 3 N–H and O–H groups in total. The Bertz CT molecular complexity index is 972. The Kier molecular flexibility index (Phi) is 9.70. The van der Waals surface area contributed by atoms with Crippen LogP contribution in [0.1, 0.15) is 55.6 Å². The Hall–Kier alpha value is -3.61. The molecular formula is C27H32N2O5. The number of ether oxygens (including phenoxy) is 1. The van der Waals surface area contributed by atoms with Gasteiger partial charge in [0.1, 0.15) is 6.61 Å². The zero-order valence-electron chi connectivity index (χ0n) is 19.3. The number of carbonyl (C=O) groups is 3. The Balaban J connectivity index is 1.25. The molecule has 0 spiro atoms. The first-order valence-electron chi connectivity index (χ1n) is 11.8. The number of hydrogen-bond acceptors (Lipinski definition) is 4. The first-order chi connectivity index (χ1) is 16.6. The van der Waals surface area contributed by atoms with Crippen LogP contribution in [0.2, 0.25) is 0 Å². The van der Waals surface area contributed by atoms with Crippen LogP contribution in [-0.4, -0.2) is 42.8 Å². The summed E-state index contributed by atoms with van der Waals surface area (Å²) in [6, 6.07) is 16.5. The van der Waals surface area contributed by atoms with E-state index < -0.39 is 12.1 Å². The summed E-state index contributed by atoms with van der Waals surface area (Å²) >= 11 is 0. The predicted octanol–water partition coefficient (Wildman–Crippen LogP) is 4.62. The van der Waals surface area contributed by atoms with E-state index in [0.29, 0.717) is 19.6 Å². The Labute approximate surface area is 200 Å². The number of aliphatic carboxylic acids is 1. The lowest BCUT2D eigenvalue weighted by Gasteiger charge is -2.14. The van der Waals surface area contributed by atoms with Crippen LogP contribution in [0, 0.1) is 0 Å². The number of benzene rings is 2. The molecule has 7 nitrogen and oxygen atoms in total. The number of amides is 2.